The molecule has 0 bridgehead atoms. The van der Waals surface area contributed by atoms with Crippen molar-refractivity contribution in [3.05, 3.63) is 0 Å². The Morgan fingerprint density at radius 2 is 1.50 bits per heavy atom. The number of halogens is 2. The molecule has 0 saturated carbocycles. The van der Waals surface area contributed by atoms with Crippen LogP contribution in [0.1, 0.15) is 6.92 Å². The predicted octanol–water partition coefficient (Wildman–Crippen LogP) is -3.04. The van der Waals surface area contributed by atoms with Crippen molar-refractivity contribution in [2.45, 2.75) is 13.0 Å². The van der Waals surface area contributed by atoms with Gasteiger partial charge in [-0.1, -0.05) is 0 Å². The van der Waals surface area contributed by atoms with Gasteiger partial charge < -0.3 is 5.11 Å². The molecule has 4 heteroatoms. The molecule has 0 saturated heterocycles. The zero-order chi connectivity index (χ0) is 4.50. The summed E-state index contributed by atoms with van der Waals surface area (Å²) < 4.78 is 20.9. The van der Waals surface area contributed by atoms with Crippen LogP contribution in [0.15, 0.2) is 0 Å². The first kappa shape index (κ1) is 9.94. The standard InChI is InChI=1S/C2H3F2O.Na/c1-2(3,4)5;/h1H3;/q-1;+1. The second kappa shape index (κ2) is 2.91. The molecule has 0 spiro atoms. The molecule has 0 fully saturated rings. The average molecular weight is 104 g/mol. The van der Waals surface area contributed by atoms with E-state index < -0.39 is 6.11 Å². The molecule has 0 aromatic carbocycles. The molecule has 1 nitrogen and oxygen atoms in total. The van der Waals surface area contributed by atoms with E-state index in [1.165, 1.54) is 0 Å². The van der Waals surface area contributed by atoms with Crippen LogP contribution in [0.2, 0.25) is 0 Å². The zero-order valence-corrected chi connectivity index (χ0v) is 5.66. The normalized spacial score (nSPS) is 10.0. The Hall–Kier alpha value is 0.820. The van der Waals surface area contributed by atoms with E-state index in [4.69, 9.17) is 5.11 Å². The summed E-state index contributed by atoms with van der Waals surface area (Å²) in [7, 11) is 0. The van der Waals surface area contributed by atoms with Crippen molar-refractivity contribution in [2.75, 3.05) is 0 Å². The minimum atomic E-state index is -3.75. The van der Waals surface area contributed by atoms with Gasteiger partial charge in [0.2, 0.25) is 0 Å². The molecular formula is C2H3F2NaO. The number of hydrogen-bond acceptors (Lipinski definition) is 1. The fourth-order valence-electron chi connectivity index (χ4n) is 0. The van der Waals surface area contributed by atoms with Gasteiger partial charge in [-0.25, -0.2) is 8.78 Å². The van der Waals surface area contributed by atoms with Crippen LogP contribution < -0.4 is 34.7 Å². The number of hydrogen-bond donors (Lipinski definition) is 0. The number of alkyl halides is 2. The Balaban J connectivity index is 0. The first-order valence-electron chi connectivity index (χ1n) is 1.08. The molecule has 0 aliphatic rings. The summed E-state index contributed by atoms with van der Waals surface area (Å²) in [4.78, 5) is 0. The molecule has 0 aromatic rings. The Morgan fingerprint density at radius 3 is 1.50 bits per heavy atom. The van der Waals surface area contributed by atoms with Gasteiger partial charge >= 0.3 is 29.6 Å². The van der Waals surface area contributed by atoms with Crippen LogP contribution in [0.4, 0.5) is 8.78 Å². The third-order valence-corrected chi connectivity index (χ3v) is 0. The van der Waals surface area contributed by atoms with Crippen LogP contribution in [0.25, 0.3) is 0 Å². The first-order valence-corrected chi connectivity index (χ1v) is 1.08. The fourth-order valence-corrected chi connectivity index (χ4v) is 0. The minimum absolute atomic E-state index is 0. The van der Waals surface area contributed by atoms with E-state index in [0.717, 1.165) is 0 Å². The summed E-state index contributed by atoms with van der Waals surface area (Å²) >= 11 is 0. The van der Waals surface area contributed by atoms with Gasteiger partial charge in [0.25, 0.3) is 0 Å². The summed E-state index contributed by atoms with van der Waals surface area (Å²) in [5.41, 5.74) is 0. The first-order chi connectivity index (χ1) is 2.00. The fraction of sp³-hybridized carbons (Fsp3) is 1.00. The zero-order valence-electron chi connectivity index (χ0n) is 3.66. The average Bonchev–Trinajstić information content (AvgIpc) is 0.722. The van der Waals surface area contributed by atoms with Gasteiger partial charge in [-0.2, -0.15) is 0 Å². The minimum Gasteiger partial charge on any atom is -0.799 e. The molecule has 0 aliphatic heterocycles. The van der Waals surface area contributed by atoms with E-state index in [2.05, 4.69) is 0 Å². The van der Waals surface area contributed by atoms with Crippen molar-refractivity contribution in [2.24, 2.45) is 0 Å². The number of rotatable bonds is 0. The molecule has 32 valence electrons. The topological polar surface area (TPSA) is 23.1 Å². The van der Waals surface area contributed by atoms with E-state index in [-0.39, 0.29) is 29.6 Å². The molecule has 0 atom stereocenters. The maximum Gasteiger partial charge on any atom is 1.00 e. The van der Waals surface area contributed by atoms with E-state index in [1.807, 2.05) is 0 Å². The monoisotopic (exact) mass is 104 g/mol. The molecule has 0 heterocycles. The van der Waals surface area contributed by atoms with Crippen LogP contribution in [0.3, 0.4) is 0 Å². The van der Waals surface area contributed by atoms with Gasteiger partial charge in [0, 0.05) is 0 Å². The molecule has 0 aromatic heterocycles. The van der Waals surface area contributed by atoms with Gasteiger partial charge in [0.05, 0.1) is 0 Å². The molecule has 0 N–H and O–H groups in total. The summed E-state index contributed by atoms with van der Waals surface area (Å²) in [6.45, 7) is 0.299. The maximum absolute atomic E-state index is 10.5. The Kier molecular flexibility index (Phi) is 4.82. The van der Waals surface area contributed by atoms with Crippen molar-refractivity contribution in [1.82, 2.24) is 0 Å². The maximum atomic E-state index is 10.5. The smallest absolute Gasteiger partial charge is 0.799 e. The summed E-state index contributed by atoms with van der Waals surface area (Å²) in [5, 5.41) is 8.77. The molecule has 0 aliphatic carbocycles. The molecule has 6 heavy (non-hydrogen) atoms. The van der Waals surface area contributed by atoms with E-state index in [9.17, 15) is 8.78 Å². The van der Waals surface area contributed by atoms with Crippen LogP contribution in [0, 0.1) is 0 Å². The van der Waals surface area contributed by atoms with Crippen LogP contribution in [-0.4, -0.2) is 6.11 Å². The predicted molar refractivity (Wildman–Crippen MR) is 10.6 cm³/mol. The third kappa shape index (κ3) is 105. The molecule has 0 amide bonds. The van der Waals surface area contributed by atoms with Gasteiger partial charge in [-0.3, -0.25) is 0 Å². The van der Waals surface area contributed by atoms with Crippen LogP contribution in [0.5, 0.6) is 0 Å². The Morgan fingerprint density at radius 1 is 1.50 bits per heavy atom. The third-order valence-electron chi connectivity index (χ3n) is 0. The van der Waals surface area contributed by atoms with Gasteiger partial charge in [-0.15, -0.1) is 0 Å². The molecule has 0 rings (SSSR count). The van der Waals surface area contributed by atoms with Crippen LogP contribution >= 0.6 is 0 Å². The van der Waals surface area contributed by atoms with E-state index >= 15 is 0 Å². The van der Waals surface area contributed by atoms with Crippen molar-refractivity contribution < 1.29 is 43.4 Å². The molecule has 0 radical (unpaired) electrons. The molecule has 0 unspecified atom stereocenters. The Labute approximate surface area is 56.6 Å². The largest absolute Gasteiger partial charge is 1.00 e. The quantitative estimate of drug-likeness (QED) is 0.300. The van der Waals surface area contributed by atoms with E-state index in [0.29, 0.717) is 6.92 Å². The van der Waals surface area contributed by atoms with Crippen LogP contribution in [-0.2, 0) is 0 Å². The second-order valence-corrected chi connectivity index (χ2v) is 0.808. The SMILES string of the molecule is CC([O-])(F)F.[Na+]. The van der Waals surface area contributed by atoms with Crippen molar-refractivity contribution >= 4 is 0 Å². The van der Waals surface area contributed by atoms with Gasteiger partial charge in [0.1, 0.15) is 0 Å². The summed E-state index contributed by atoms with van der Waals surface area (Å²) in [5.74, 6) is 0. The summed E-state index contributed by atoms with van der Waals surface area (Å²) in [6.07, 6.45) is -3.75. The molecular weight excluding hydrogens is 101 g/mol. The van der Waals surface area contributed by atoms with Crippen molar-refractivity contribution in [1.29, 1.82) is 0 Å². The summed E-state index contributed by atoms with van der Waals surface area (Å²) in [6, 6.07) is 0. The second-order valence-electron chi connectivity index (χ2n) is 0.808. The van der Waals surface area contributed by atoms with E-state index in [1.54, 1.807) is 0 Å². The van der Waals surface area contributed by atoms with Gasteiger partial charge in [0.15, 0.2) is 6.11 Å². The Bertz CT molecular complexity index is 27.0. The van der Waals surface area contributed by atoms with Crippen molar-refractivity contribution in [3.63, 3.8) is 0 Å². The van der Waals surface area contributed by atoms with Crippen molar-refractivity contribution in [3.8, 4) is 0 Å². The van der Waals surface area contributed by atoms with Gasteiger partial charge in [-0.05, 0) is 6.92 Å².